The lowest BCUT2D eigenvalue weighted by Crippen LogP contribution is -2.37. The molecule has 0 aliphatic heterocycles. The molecule has 0 bridgehead atoms. The van der Waals surface area contributed by atoms with E-state index in [4.69, 9.17) is 0 Å². The number of nitrogens with zero attached hydrogens (tertiary/aromatic N) is 1. The third kappa shape index (κ3) is 4.41. The Balaban J connectivity index is 2.07. The normalized spacial score (nSPS) is 17.8. The number of rotatable bonds is 7. The summed E-state index contributed by atoms with van der Waals surface area (Å²) < 4.78 is 27.7. The number of hydrogen-bond acceptors (Lipinski definition) is 4. The molecule has 1 aromatic rings. The molecular weight excluding hydrogens is 286 g/mol. The molecule has 2 rings (SSSR count). The van der Waals surface area contributed by atoms with E-state index in [1.54, 1.807) is 12.1 Å². The molecule has 0 radical (unpaired) electrons. The van der Waals surface area contributed by atoms with Crippen molar-refractivity contribution in [2.24, 2.45) is 5.92 Å². The molecule has 118 valence electrons. The average Bonchev–Trinajstić information content (AvgIpc) is 2.99. The molecule has 1 unspecified atom stereocenters. The van der Waals surface area contributed by atoms with Gasteiger partial charge in [-0.15, -0.1) is 0 Å². The van der Waals surface area contributed by atoms with Crippen LogP contribution in [0, 0.1) is 5.92 Å². The summed E-state index contributed by atoms with van der Waals surface area (Å²) >= 11 is 0. The van der Waals surface area contributed by atoms with Gasteiger partial charge in [-0.2, -0.15) is 0 Å². The fourth-order valence-corrected chi connectivity index (χ4v) is 4.12. The zero-order valence-electron chi connectivity index (χ0n) is 12.8. The van der Waals surface area contributed by atoms with Gasteiger partial charge in [-0.05, 0) is 38.2 Å². The molecule has 1 heterocycles. The summed E-state index contributed by atoms with van der Waals surface area (Å²) in [6.07, 6.45) is 7.14. The first-order chi connectivity index (χ1) is 10.0. The number of pyridine rings is 1. The van der Waals surface area contributed by atoms with Gasteiger partial charge >= 0.3 is 0 Å². The lowest BCUT2D eigenvalue weighted by molar-refractivity contribution is 0.424. The minimum absolute atomic E-state index is 0.0160. The van der Waals surface area contributed by atoms with Crippen LogP contribution in [0.5, 0.6) is 0 Å². The van der Waals surface area contributed by atoms with Crippen molar-refractivity contribution in [3.63, 3.8) is 0 Å². The fraction of sp³-hybridized carbons (Fsp3) is 0.667. The van der Waals surface area contributed by atoms with Gasteiger partial charge in [0.25, 0.3) is 0 Å². The Kier molecular flexibility index (Phi) is 5.58. The Bertz CT molecular complexity index is 554. The van der Waals surface area contributed by atoms with Crippen LogP contribution in [-0.4, -0.2) is 26.0 Å². The summed E-state index contributed by atoms with van der Waals surface area (Å²) in [6.45, 7) is 4.80. The predicted octanol–water partition coefficient (Wildman–Crippen LogP) is 2.76. The Morgan fingerprint density at radius 3 is 2.76 bits per heavy atom. The summed E-state index contributed by atoms with van der Waals surface area (Å²) in [6, 6.07) is 3.12. The molecule has 2 N–H and O–H groups in total. The molecule has 0 saturated heterocycles. The maximum atomic E-state index is 12.5. The van der Waals surface area contributed by atoms with Crippen molar-refractivity contribution in [2.45, 2.75) is 56.9 Å². The van der Waals surface area contributed by atoms with Crippen molar-refractivity contribution in [1.29, 1.82) is 0 Å². The van der Waals surface area contributed by atoms with E-state index in [1.807, 2.05) is 6.92 Å². The first-order valence-corrected chi connectivity index (χ1v) is 9.23. The zero-order valence-corrected chi connectivity index (χ0v) is 13.6. The van der Waals surface area contributed by atoms with E-state index < -0.39 is 10.0 Å². The highest BCUT2D eigenvalue weighted by Gasteiger charge is 2.26. The maximum Gasteiger partial charge on any atom is 0.241 e. The SMILES string of the molecule is CCCNc1cc(S(=O)(=O)NC(C)C2CCCC2)ccn1. The quantitative estimate of drug-likeness (QED) is 0.812. The standard InChI is InChI=1S/C15H25N3O2S/c1-3-9-16-15-11-14(8-10-17-15)21(19,20)18-12(2)13-6-4-5-7-13/h8,10-13,18H,3-7,9H2,1-2H3,(H,16,17). The number of aromatic nitrogens is 1. The molecule has 1 aliphatic rings. The second-order valence-corrected chi connectivity index (χ2v) is 7.47. The molecule has 6 heteroatoms. The number of anilines is 1. The van der Waals surface area contributed by atoms with Crippen molar-refractivity contribution in [3.05, 3.63) is 18.3 Å². The molecule has 0 aromatic carbocycles. The van der Waals surface area contributed by atoms with Gasteiger partial charge in [-0.1, -0.05) is 19.8 Å². The summed E-state index contributed by atoms with van der Waals surface area (Å²) in [5.74, 6) is 1.06. The van der Waals surface area contributed by atoms with Crippen molar-refractivity contribution in [2.75, 3.05) is 11.9 Å². The van der Waals surface area contributed by atoms with Crippen LogP contribution in [0.1, 0.15) is 46.0 Å². The van der Waals surface area contributed by atoms with Crippen molar-refractivity contribution >= 4 is 15.8 Å². The summed E-state index contributed by atoms with van der Waals surface area (Å²) in [5.41, 5.74) is 0. The molecule has 5 nitrogen and oxygen atoms in total. The zero-order chi connectivity index (χ0) is 15.3. The van der Waals surface area contributed by atoms with Gasteiger partial charge in [0.1, 0.15) is 5.82 Å². The number of nitrogens with one attached hydrogen (secondary N) is 2. The molecule has 0 amide bonds. The summed E-state index contributed by atoms with van der Waals surface area (Å²) in [7, 11) is -3.47. The minimum atomic E-state index is -3.47. The van der Waals surface area contributed by atoms with Gasteiger partial charge < -0.3 is 5.32 Å². The lowest BCUT2D eigenvalue weighted by Gasteiger charge is -2.20. The van der Waals surface area contributed by atoms with E-state index in [-0.39, 0.29) is 10.9 Å². The van der Waals surface area contributed by atoms with E-state index in [9.17, 15) is 8.42 Å². The van der Waals surface area contributed by atoms with Crippen molar-refractivity contribution in [3.8, 4) is 0 Å². The van der Waals surface area contributed by atoms with Crippen LogP contribution in [0.3, 0.4) is 0 Å². The summed E-state index contributed by atoms with van der Waals surface area (Å²) in [5, 5.41) is 3.11. The van der Waals surface area contributed by atoms with E-state index in [0.29, 0.717) is 11.7 Å². The highest BCUT2D eigenvalue weighted by molar-refractivity contribution is 7.89. The maximum absolute atomic E-state index is 12.5. The molecule has 1 atom stereocenters. The van der Waals surface area contributed by atoms with Crippen LogP contribution in [0.2, 0.25) is 0 Å². The van der Waals surface area contributed by atoms with Crippen molar-refractivity contribution < 1.29 is 8.42 Å². The highest BCUT2D eigenvalue weighted by atomic mass is 32.2. The van der Waals surface area contributed by atoms with E-state index in [2.05, 4.69) is 21.9 Å². The Morgan fingerprint density at radius 1 is 1.38 bits per heavy atom. The van der Waals surface area contributed by atoms with Gasteiger partial charge in [0, 0.05) is 24.8 Å². The predicted molar refractivity (Wildman–Crippen MR) is 84.8 cm³/mol. The third-order valence-corrected chi connectivity index (χ3v) is 5.60. The Hall–Kier alpha value is -1.14. The Morgan fingerprint density at radius 2 is 2.10 bits per heavy atom. The molecule has 1 saturated carbocycles. The van der Waals surface area contributed by atoms with Gasteiger partial charge in [0.15, 0.2) is 0 Å². The van der Waals surface area contributed by atoms with E-state index in [0.717, 1.165) is 25.8 Å². The largest absolute Gasteiger partial charge is 0.370 e. The second-order valence-electron chi connectivity index (χ2n) is 5.76. The highest BCUT2D eigenvalue weighted by Crippen LogP contribution is 2.28. The second kappa shape index (κ2) is 7.22. The van der Waals surface area contributed by atoms with Crippen LogP contribution in [0.4, 0.5) is 5.82 Å². The van der Waals surface area contributed by atoms with Crippen LogP contribution in [0.15, 0.2) is 23.2 Å². The van der Waals surface area contributed by atoms with Gasteiger partial charge in [-0.25, -0.2) is 18.1 Å². The fourth-order valence-electron chi connectivity index (χ4n) is 2.79. The van der Waals surface area contributed by atoms with Gasteiger partial charge in [-0.3, -0.25) is 0 Å². The smallest absolute Gasteiger partial charge is 0.241 e. The molecule has 1 aromatic heterocycles. The number of sulfonamides is 1. The van der Waals surface area contributed by atoms with Gasteiger partial charge in [0.05, 0.1) is 4.90 Å². The monoisotopic (exact) mass is 311 g/mol. The van der Waals surface area contributed by atoms with Crippen LogP contribution in [0.25, 0.3) is 0 Å². The number of hydrogen-bond donors (Lipinski definition) is 2. The molecule has 1 fully saturated rings. The van der Waals surface area contributed by atoms with Crippen LogP contribution < -0.4 is 10.0 Å². The van der Waals surface area contributed by atoms with Gasteiger partial charge in [0.2, 0.25) is 10.0 Å². The molecule has 1 aliphatic carbocycles. The van der Waals surface area contributed by atoms with E-state index >= 15 is 0 Å². The third-order valence-electron chi connectivity index (χ3n) is 4.05. The topological polar surface area (TPSA) is 71.1 Å². The first kappa shape index (κ1) is 16.2. The van der Waals surface area contributed by atoms with E-state index in [1.165, 1.54) is 19.0 Å². The van der Waals surface area contributed by atoms with Crippen LogP contribution in [-0.2, 0) is 10.0 Å². The first-order valence-electron chi connectivity index (χ1n) is 7.75. The summed E-state index contributed by atoms with van der Waals surface area (Å²) in [4.78, 5) is 4.42. The van der Waals surface area contributed by atoms with Crippen molar-refractivity contribution in [1.82, 2.24) is 9.71 Å². The Labute approximate surface area is 127 Å². The van der Waals surface area contributed by atoms with Crippen LogP contribution >= 0.6 is 0 Å². The molecular formula is C15H25N3O2S. The average molecular weight is 311 g/mol. The minimum Gasteiger partial charge on any atom is -0.370 e. The molecule has 0 spiro atoms. The molecule has 21 heavy (non-hydrogen) atoms. The lowest BCUT2D eigenvalue weighted by atomic mass is 10.0.